The summed E-state index contributed by atoms with van der Waals surface area (Å²) >= 11 is 0. The summed E-state index contributed by atoms with van der Waals surface area (Å²) in [5.74, 6) is -0.689. The maximum Gasteiger partial charge on any atom is 0.331 e. The number of hydrogen-bond acceptors (Lipinski definition) is 3. The van der Waals surface area contributed by atoms with Crippen molar-refractivity contribution < 1.29 is 14.3 Å². The summed E-state index contributed by atoms with van der Waals surface area (Å²) in [5.41, 5.74) is -0.445. The third-order valence-electron chi connectivity index (χ3n) is 2.81. The predicted molar refractivity (Wildman–Crippen MR) is 69.2 cm³/mol. The molecule has 4 nitrogen and oxygen atoms in total. The maximum absolute atomic E-state index is 12.0. The molecule has 0 aliphatic rings. The molecule has 1 amide bonds. The SMILES string of the molecule is CCCC(C)(NC(=O)c1ccccc1)C(=O)OC. The van der Waals surface area contributed by atoms with Crippen LogP contribution in [0, 0.1) is 0 Å². The lowest BCUT2D eigenvalue weighted by molar-refractivity contribution is -0.147. The first kappa shape index (κ1) is 14.2. The zero-order valence-electron chi connectivity index (χ0n) is 11.0. The van der Waals surface area contributed by atoms with Crippen LogP contribution in [-0.4, -0.2) is 24.5 Å². The molecule has 0 aliphatic carbocycles. The molecule has 1 atom stereocenters. The van der Waals surface area contributed by atoms with Gasteiger partial charge in [-0.2, -0.15) is 0 Å². The highest BCUT2D eigenvalue weighted by Crippen LogP contribution is 2.15. The second-order valence-corrected chi connectivity index (χ2v) is 4.39. The maximum atomic E-state index is 12.0. The Bertz CT molecular complexity index is 416. The standard InChI is InChI=1S/C14H19NO3/c1-4-10-14(2,13(17)18-3)15-12(16)11-8-6-5-7-9-11/h5-9H,4,10H2,1-3H3,(H,15,16). The first-order valence-electron chi connectivity index (χ1n) is 5.99. The van der Waals surface area contributed by atoms with E-state index < -0.39 is 11.5 Å². The number of benzene rings is 1. The summed E-state index contributed by atoms with van der Waals surface area (Å²) < 4.78 is 4.75. The van der Waals surface area contributed by atoms with E-state index in [2.05, 4.69) is 5.32 Å². The van der Waals surface area contributed by atoms with Crippen LogP contribution < -0.4 is 5.32 Å². The van der Waals surface area contributed by atoms with Crippen LogP contribution in [0.25, 0.3) is 0 Å². The first-order valence-corrected chi connectivity index (χ1v) is 5.99. The van der Waals surface area contributed by atoms with Crippen LogP contribution in [0.4, 0.5) is 0 Å². The molecule has 0 aliphatic heterocycles. The average molecular weight is 249 g/mol. The van der Waals surface area contributed by atoms with Gasteiger partial charge in [0.25, 0.3) is 5.91 Å². The van der Waals surface area contributed by atoms with Crippen LogP contribution in [0.5, 0.6) is 0 Å². The fourth-order valence-electron chi connectivity index (χ4n) is 1.85. The van der Waals surface area contributed by atoms with Gasteiger partial charge in [-0.05, 0) is 25.5 Å². The Balaban J connectivity index is 2.85. The third kappa shape index (κ3) is 3.32. The van der Waals surface area contributed by atoms with E-state index in [1.807, 2.05) is 13.0 Å². The van der Waals surface area contributed by atoms with Crippen molar-refractivity contribution in [1.82, 2.24) is 5.32 Å². The molecule has 4 heteroatoms. The van der Waals surface area contributed by atoms with Crippen molar-refractivity contribution in [3.05, 3.63) is 35.9 Å². The summed E-state index contributed by atoms with van der Waals surface area (Å²) in [5, 5.41) is 2.75. The molecular formula is C14H19NO3. The Morgan fingerprint density at radius 3 is 2.39 bits per heavy atom. The fourth-order valence-corrected chi connectivity index (χ4v) is 1.85. The Kier molecular flexibility index (Phi) is 4.89. The van der Waals surface area contributed by atoms with Gasteiger partial charge < -0.3 is 10.1 Å². The highest BCUT2D eigenvalue weighted by molar-refractivity contribution is 5.97. The van der Waals surface area contributed by atoms with E-state index in [1.54, 1.807) is 31.2 Å². The molecule has 0 saturated carbocycles. The van der Waals surface area contributed by atoms with E-state index in [-0.39, 0.29) is 5.91 Å². The molecule has 1 aromatic rings. The zero-order valence-corrected chi connectivity index (χ0v) is 11.0. The molecule has 0 saturated heterocycles. The molecule has 0 spiro atoms. The van der Waals surface area contributed by atoms with Gasteiger partial charge in [-0.3, -0.25) is 4.79 Å². The quantitative estimate of drug-likeness (QED) is 0.813. The van der Waals surface area contributed by atoms with Crippen LogP contribution in [0.1, 0.15) is 37.0 Å². The molecule has 0 fully saturated rings. The van der Waals surface area contributed by atoms with Crippen molar-refractivity contribution in [1.29, 1.82) is 0 Å². The summed E-state index contributed by atoms with van der Waals surface area (Å²) in [6.45, 7) is 3.64. The van der Waals surface area contributed by atoms with Gasteiger partial charge in [-0.1, -0.05) is 31.5 Å². The number of hydrogen-bond donors (Lipinski definition) is 1. The van der Waals surface area contributed by atoms with Gasteiger partial charge in [0.15, 0.2) is 0 Å². The number of nitrogens with one attached hydrogen (secondary N) is 1. The number of carbonyl (C=O) groups is 2. The fraction of sp³-hybridized carbons (Fsp3) is 0.429. The van der Waals surface area contributed by atoms with Gasteiger partial charge in [-0.15, -0.1) is 0 Å². The molecule has 18 heavy (non-hydrogen) atoms. The van der Waals surface area contributed by atoms with E-state index >= 15 is 0 Å². The van der Waals surface area contributed by atoms with Gasteiger partial charge in [0.2, 0.25) is 0 Å². The Morgan fingerprint density at radius 1 is 1.28 bits per heavy atom. The highest BCUT2D eigenvalue weighted by Gasteiger charge is 2.35. The Labute approximate surface area is 107 Å². The van der Waals surface area contributed by atoms with E-state index in [4.69, 9.17) is 4.74 Å². The van der Waals surface area contributed by atoms with E-state index in [0.717, 1.165) is 6.42 Å². The molecule has 98 valence electrons. The molecule has 1 aromatic carbocycles. The van der Waals surface area contributed by atoms with Gasteiger partial charge in [-0.25, -0.2) is 4.79 Å². The number of methoxy groups -OCH3 is 1. The van der Waals surface area contributed by atoms with E-state index in [1.165, 1.54) is 7.11 Å². The van der Waals surface area contributed by atoms with Gasteiger partial charge in [0, 0.05) is 5.56 Å². The van der Waals surface area contributed by atoms with Crippen molar-refractivity contribution in [2.24, 2.45) is 0 Å². The number of esters is 1. The molecule has 1 rings (SSSR count). The smallest absolute Gasteiger partial charge is 0.331 e. The summed E-state index contributed by atoms with van der Waals surface area (Å²) in [7, 11) is 1.32. The number of rotatable bonds is 5. The lowest BCUT2D eigenvalue weighted by Gasteiger charge is -2.27. The van der Waals surface area contributed by atoms with Crippen molar-refractivity contribution >= 4 is 11.9 Å². The Hall–Kier alpha value is -1.84. The average Bonchev–Trinajstić information content (AvgIpc) is 2.39. The van der Waals surface area contributed by atoms with Crippen LogP contribution in [0.3, 0.4) is 0 Å². The van der Waals surface area contributed by atoms with Crippen LogP contribution in [0.2, 0.25) is 0 Å². The topological polar surface area (TPSA) is 55.4 Å². The third-order valence-corrected chi connectivity index (χ3v) is 2.81. The molecule has 0 radical (unpaired) electrons. The van der Waals surface area contributed by atoms with Crippen LogP contribution >= 0.6 is 0 Å². The molecule has 1 N–H and O–H groups in total. The van der Waals surface area contributed by atoms with Gasteiger partial charge >= 0.3 is 5.97 Å². The summed E-state index contributed by atoms with van der Waals surface area (Å²) in [6, 6.07) is 8.81. The molecule has 0 aromatic heterocycles. The number of ether oxygens (including phenoxy) is 1. The molecule has 0 bridgehead atoms. The second-order valence-electron chi connectivity index (χ2n) is 4.39. The largest absolute Gasteiger partial charge is 0.467 e. The summed E-state index contributed by atoms with van der Waals surface area (Å²) in [6.07, 6.45) is 1.32. The van der Waals surface area contributed by atoms with Gasteiger partial charge in [0.05, 0.1) is 7.11 Å². The summed E-state index contributed by atoms with van der Waals surface area (Å²) in [4.78, 5) is 23.8. The number of amides is 1. The van der Waals surface area contributed by atoms with Gasteiger partial charge in [0.1, 0.15) is 5.54 Å². The normalized spacial score (nSPS) is 13.5. The minimum absolute atomic E-state index is 0.267. The zero-order chi connectivity index (χ0) is 13.6. The first-order chi connectivity index (χ1) is 8.53. The van der Waals surface area contributed by atoms with Crippen molar-refractivity contribution in [2.45, 2.75) is 32.2 Å². The lowest BCUT2D eigenvalue weighted by atomic mass is 9.95. The minimum atomic E-state index is -0.976. The van der Waals surface area contributed by atoms with Crippen molar-refractivity contribution in [3.63, 3.8) is 0 Å². The van der Waals surface area contributed by atoms with Crippen LogP contribution in [-0.2, 0) is 9.53 Å². The van der Waals surface area contributed by atoms with E-state index in [9.17, 15) is 9.59 Å². The minimum Gasteiger partial charge on any atom is -0.467 e. The number of carbonyl (C=O) groups excluding carboxylic acids is 2. The lowest BCUT2D eigenvalue weighted by Crippen LogP contribution is -2.52. The molecule has 0 heterocycles. The molecular weight excluding hydrogens is 230 g/mol. The Morgan fingerprint density at radius 2 is 1.89 bits per heavy atom. The van der Waals surface area contributed by atoms with Crippen molar-refractivity contribution in [2.75, 3.05) is 7.11 Å². The second kappa shape index (κ2) is 6.19. The predicted octanol–water partition coefficient (Wildman–Crippen LogP) is 2.15. The van der Waals surface area contributed by atoms with Crippen LogP contribution in [0.15, 0.2) is 30.3 Å². The van der Waals surface area contributed by atoms with Crippen molar-refractivity contribution in [3.8, 4) is 0 Å². The molecule has 1 unspecified atom stereocenters. The highest BCUT2D eigenvalue weighted by atomic mass is 16.5. The van der Waals surface area contributed by atoms with E-state index in [0.29, 0.717) is 12.0 Å². The monoisotopic (exact) mass is 249 g/mol.